The topological polar surface area (TPSA) is 72.3 Å². The van der Waals surface area contributed by atoms with Crippen LogP contribution in [-0.2, 0) is 16.6 Å². The zero-order valence-corrected chi connectivity index (χ0v) is 17.1. The lowest BCUT2D eigenvalue weighted by atomic mass is 10.1. The van der Waals surface area contributed by atoms with Crippen molar-refractivity contribution in [2.45, 2.75) is 32.4 Å². The second kappa shape index (κ2) is 8.31. The van der Waals surface area contributed by atoms with E-state index >= 15 is 0 Å². The third-order valence-corrected chi connectivity index (χ3v) is 5.43. The number of hydrogen-bond acceptors (Lipinski definition) is 5. The van der Waals surface area contributed by atoms with Gasteiger partial charge in [-0.25, -0.2) is 4.98 Å². The van der Waals surface area contributed by atoms with Crippen LogP contribution in [0, 0.1) is 0 Å². The largest absolute Gasteiger partial charge is 0.376 e. The van der Waals surface area contributed by atoms with Crippen molar-refractivity contribution in [3.63, 3.8) is 0 Å². The molecule has 0 aliphatic carbocycles. The number of nitrogens with zero attached hydrogens (tertiary/aromatic N) is 4. The number of aromatic nitrogens is 3. The normalized spacial score (nSPS) is 20.1. The van der Waals surface area contributed by atoms with E-state index < -0.39 is 0 Å². The third-order valence-electron chi connectivity index (χ3n) is 5.43. The number of hydrogen-bond donors (Lipinski definition) is 1. The summed E-state index contributed by atoms with van der Waals surface area (Å²) >= 11 is 0. The molecule has 1 fully saturated rings. The van der Waals surface area contributed by atoms with Crippen molar-refractivity contribution in [2.75, 3.05) is 25.0 Å². The smallest absolute Gasteiger partial charge is 0.239 e. The van der Waals surface area contributed by atoms with Crippen LogP contribution in [0.2, 0.25) is 0 Å². The summed E-state index contributed by atoms with van der Waals surface area (Å²) in [6.07, 6.45) is 6.74. The molecule has 29 heavy (non-hydrogen) atoms. The van der Waals surface area contributed by atoms with E-state index in [1.807, 2.05) is 38.5 Å². The number of aryl methyl sites for hydroxylation is 1. The van der Waals surface area contributed by atoms with E-state index in [4.69, 9.17) is 4.74 Å². The summed E-state index contributed by atoms with van der Waals surface area (Å²) in [7, 11) is 1.90. The summed E-state index contributed by atoms with van der Waals surface area (Å²) in [6.45, 7) is 5.96. The number of anilines is 1. The Morgan fingerprint density at radius 3 is 2.86 bits per heavy atom. The van der Waals surface area contributed by atoms with Crippen LogP contribution in [0.15, 0.2) is 42.9 Å². The molecule has 7 heteroatoms. The quantitative estimate of drug-likeness (QED) is 0.721. The predicted octanol–water partition coefficient (Wildman–Crippen LogP) is 3.07. The molecule has 1 aromatic carbocycles. The molecule has 3 aromatic rings. The van der Waals surface area contributed by atoms with Crippen molar-refractivity contribution < 1.29 is 9.53 Å². The zero-order valence-electron chi connectivity index (χ0n) is 17.1. The highest BCUT2D eigenvalue weighted by atomic mass is 16.5. The van der Waals surface area contributed by atoms with Gasteiger partial charge in [0.15, 0.2) is 0 Å². The maximum absolute atomic E-state index is 12.6. The number of morpholine rings is 1. The summed E-state index contributed by atoms with van der Waals surface area (Å²) in [5, 5.41) is 9.25. The first kappa shape index (κ1) is 19.5. The molecule has 0 radical (unpaired) electrons. The molecular formula is C22H27N5O2. The Balaban J connectivity index is 1.49. The van der Waals surface area contributed by atoms with Gasteiger partial charge < -0.3 is 10.1 Å². The monoisotopic (exact) mass is 393 g/mol. The summed E-state index contributed by atoms with van der Waals surface area (Å²) in [5.41, 5.74) is 2.14. The Morgan fingerprint density at radius 2 is 2.10 bits per heavy atom. The molecule has 0 saturated carbocycles. The van der Waals surface area contributed by atoms with Gasteiger partial charge in [0.05, 0.1) is 25.5 Å². The van der Waals surface area contributed by atoms with Crippen LogP contribution >= 0.6 is 0 Å². The van der Waals surface area contributed by atoms with Crippen molar-refractivity contribution in [1.82, 2.24) is 19.7 Å². The number of nitrogens with one attached hydrogen (secondary N) is 1. The van der Waals surface area contributed by atoms with Gasteiger partial charge in [-0.2, -0.15) is 5.10 Å². The first-order chi connectivity index (χ1) is 14.0. The number of carbonyl (C=O) groups excluding carboxylic acids is 1. The lowest BCUT2D eigenvalue weighted by Crippen LogP contribution is -2.51. The second-order valence-electron chi connectivity index (χ2n) is 7.72. The number of amides is 1. The van der Waals surface area contributed by atoms with E-state index in [0.29, 0.717) is 19.0 Å². The van der Waals surface area contributed by atoms with Gasteiger partial charge in [-0.3, -0.25) is 14.4 Å². The molecule has 2 aromatic heterocycles. The van der Waals surface area contributed by atoms with Gasteiger partial charge in [-0.1, -0.05) is 19.1 Å². The molecule has 0 bridgehead atoms. The van der Waals surface area contributed by atoms with E-state index in [2.05, 4.69) is 39.4 Å². The van der Waals surface area contributed by atoms with Crippen molar-refractivity contribution in [2.24, 2.45) is 7.05 Å². The van der Waals surface area contributed by atoms with E-state index in [-0.39, 0.29) is 18.1 Å². The van der Waals surface area contributed by atoms with Crippen LogP contribution in [0.1, 0.15) is 20.3 Å². The molecule has 0 unspecified atom stereocenters. The maximum Gasteiger partial charge on any atom is 0.239 e. The molecule has 1 amide bonds. The van der Waals surface area contributed by atoms with Crippen LogP contribution < -0.4 is 5.32 Å². The first-order valence-corrected chi connectivity index (χ1v) is 10.1. The van der Waals surface area contributed by atoms with Gasteiger partial charge >= 0.3 is 0 Å². The minimum atomic E-state index is -0.0483. The van der Waals surface area contributed by atoms with Crippen LogP contribution in [0.3, 0.4) is 0 Å². The number of ether oxygens (including phenoxy) is 1. The van der Waals surface area contributed by atoms with Gasteiger partial charge in [0.1, 0.15) is 5.82 Å². The number of rotatable bonds is 5. The summed E-state index contributed by atoms with van der Waals surface area (Å²) in [5.74, 6) is 0.521. The van der Waals surface area contributed by atoms with E-state index in [9.17, 15) is 4.79 Å². The number of carbonyl (C=O) groups is 1. The molecule has 1 N–H and O–H groups in total. The van der Waals surface area contributed by atoms with Crippen molar-refractivity contribution in [3.8, 4) is 11.1 Å². The molecule has 1 aliphatic rings. The molecule has 0 spiro atoms. The van der Waals surface area contributed by atoms with Gasteiger partial charge in [-0.05, 0) is 36.4 Å². The Kier molecular flexibility index (Phi) is 5.60. The zero-order chi connectivity index (χ0) is 20.4. The lowest BCUT2D eigenvalue weighted by Gasteiger charge is -2.37. The molecular weight excluding hydrogens is 366 g/mol. The number of pyridine rings is 1. The fourth-order valence-corrected chi connectivity index (χ4v) is 3.81. The Hall–Kier alpha value is -2.77. The summed E-state index contributed by atoms with van der Waals surface area (Å²) in [4.78, 5) is 19.2. The van der Waals surface area contributed by atoms with Crippen molar-refractivity contribution >= 4 is 22.5 Å². The van der Waals surface area contributed by atoms with Gasteiger partial charge in [0, 0.05) is 43.0 Å². The minimum Gasteiger partial charge on any atom is -0.376 e. The van der Waals surface area contributed by atoms with Crippen LogP contribution in [0.5, 0.6) is 0 Å². The second-order valence-corrected chi connectivity index (χ2v) is 7.72. The maximum atomic E-state index is 12.6. The van der Waals surface area contributed by atoms with Crippen LogP contribution in [0.25, 0.3) is 21.9 Å². The summed E-state index contributed by atoms with van der Waals surface area (Å²) < 4.78 is 7.50. The Morgan fingerprint density at radius 1 is 1.24 bits per heavy atom. The number of fused-ring (bicyclic) bond motifs is 1. The van der Waals surface area contributed by atoms with Crippen molar-refractivity contribution in [1.29, 1.82) is 0 Å². The standard InChI is InChI=1S/C22H27N5O2/c1-4-20-14-29-15(2)11-27(20)13-22(28)25-21-8-18-7-16(5-6-17(18)9-23-21)19-10-24-26(3)12-19/h5-10,12,15,20H,4,11,13-14H2,1-3H3,(H,23,25,28)/t15-,20-/m1/s1. The number of benzene rings is 1. The SMILES string of the molecule is CC[C@@H]1CO[C@H](C)CN1CC(=O)Nc1cc2cc(-c3cnn(C)c3)ccc2cn1. The Labute approximate surface area is 170 Å². The van der Waals surface area contributed by atoms with Crippen LogP contribution in [0.4, 0.5) is 5.82 Å². The Bertz CT molecular complexity index is 1020. The molecule has 1 saturated heterocycles. The highest BCUT2D eigenvalue weighted by Crippen LogP contribution is 2.25. The average Bonchev–Trinajstić information content (AvgIpc) is 3.14. The molecule has 1 aliphatic heterocycles. The lowest BCUT2D eigenvalue weighted by molar-refractivity contribution is -0.121. The van der Waals surface area contributed by atoms with Crippen molar-refractivity contribution in [3.05, 3.63) is 42.9 Å². The highest BCUT2D eigenvalue weighted by Gasteiger charge is 2.27. The van der Waals surface area contributed by atoms with Gasteiger partial charge in [0.2, 0.25) is 5.91 Å². The van der Waals surface area contributed by atoms with E-state index in [1.54, 1.807) is 10.9 Å². The average molecular weight is 393 g/mol. The molecule has 7 nitrogen and oxygen atoms in total. The van der Waals surface area contributed by atoms with E-state index in [1.165, 1.54) is 0 Å². The minimum absolute atomic E-state index is 0.0483. The third kappa shape index (κ3) is 4.46. The fraction of sp³-hybridized carbons (Fsp3) is 0.409. The van der Waals surface area contributed by atoms with E-state index in [0.717, 1.165) is 34.9 Å². The highest BCUT2D eigenvalue weighted by molar-refractivity contribution is 5.94. The van der Waals surface area contributed by atoms with Gasteiger partial charge in [-0.15, -0.1) is 0 Å². The molecule has 3 heterocycles. The summed E-state index contributed by atoms with van der Waals surface area (Å²) in [6, 6.07) is 8.40. The molecule has 152 valence electrons. The fourth-order valence-electron chi connectivity index (χ4n) is 3.81. The first-order valence-electron chi connectivity index (χ1n) is 10.1. The predicted molar refractivity (Wildman–Crippen MR) is 114 cm³/mol. The van der Waals surface area contributed by atoms with Crippen LogP contribution in [-0.4, -0.2) is 57.4 Å². The molecule has 4 rings (SSSR count). The van der Waals surface area contributed by atoms with Gasteiger partial charge in [0.25, 0.3) is 0 Å². The molecule has 2 atom stereocenters.